The van der Waals surface area contributed by atoms with E-state index in [0.29, 0.717) is 30.2 Å². The van der Waals surface area contributed by atoms with E-state index in [2.05, 4.69) is 10.5 Å². The van der Waals surface area contributed by atoms with Gasteiger partial charge in [0.05, 0.1) is 5.69 Å². The first-order valence-corrected chi connectivity index (χ1v) is 7.78. The molecule has 1 fully saturated rings. The van der Waals surface area contributed by atoms with Gasteiger partial charge in [0.15, 0.2) is 5.69 Å². The molecule has 0 radical (unpaired) electrons. The Labute approximate surface area is 134 Å². The second kappa shape index (κ2) is 6.40. The lowest BCUT2D eigenvalue weighted by molar-refractivity contribution is 0.0922. The first kappa shape index (κ1) is 15.5. The predicted molar refractivity (Wildman–Crippen MR) is 85.1 cm³/mol. The molecule has 2 heterocycles. The van der Waals surface area contributed by atoms with Gasteiger partial charge in [-0.25, -0.2) is 4.39 Å². The summed E-state index contributed by atoms with van der Waals surface area (Å²) < 4.78 is 18.9. The minimum atomic E-state index is -0.220. The van der Waals surface area contributed by atoms with Crippen molar-refractivity contribution in [3.05, 3.63) is 47.1 Å². The van der Waals surface area contributed by atoms with Gasteiger partial charge in [0.2, 0.25) is 0 Å². The summed E-state index contributed by atoms with van der Waals surface area (Å²) in [5, 5.41) is 6.68. The van der Waals surface area contributed by atoms with Gasteiger partial charge in [-0.05, 0) is 44.4 Å². The molecule has 6 heteroatoms. The van der Waals surface area contributed by atoms with Crippen LogP contribution < -0.4 is 10.2 Å². The molecule has 23 heavy (non-hydrogen) atoms. The minimum absolute atomic E-state index is 0.0728. The fourth-order valence-electron chi connectivity index (χ4n) is 2.86. The Bertz CT molecular complexity index is 706. The van der Waals surface area contributed by atoms with Gasteiger partial charge in [-0.3, -0.25) is 4.79 Å². The molecule has 2 aromatic rings. The van der Waals surface area contributed by atoms with Gasteiger partial charge < -0.3 is 14.7 Å². The van der Waals surface area contributed by atoms with Crippen LogP contribution in [0.2, 0.25) is 0 Å². The molecular formula is C17H20FN3O2. The van der Waals surface area contributed by atoms with Gasteiger partial charge in [0.25, 0.3) is 5.91 Å². The third-order valence-electron chi connectivity index (χ3n) is 4.13. The van der Waals surface area contributed by atoms with E-state index in [9.17, 15) is 9.18 Å². The van der Waals surface area contributed by atoms with Gasteiger partial charge in [0, 0.05) is 25.2 Å². The zero-order valence-corrected chi connectivity index (χ0v) is 13.3. The van der Waals surface area contributed by atoms with Crippen molar-refractivity contribution in [1.82, 2.24) is 10.5 Å². The van der Waals surface area contributed by atoms with Crippen LogP contribution in [0, 0.1) is 19.7 Å². The molecule has 0 spiro atoms. The van der Waals surface area contributed by atoms with E-state index in [0.717, 1.165) is 18.4 Å². The molecule has 122 valence electrons. The van der Waals surface area contributed by atoms with Crippen molar-refractivity contribution in [2.24, 2.45) is 0 Å². The zero-order valence-electron chi connectivity index (χ0n) is 13.3. The number of amides is 1. The summed E-state index contributed by atoms with van der Waals surface area (Å²) >= 11 is 0. The molecule has 5 nitrogen and oxygen atoms in total. The molecule has 1 aliphatic heterocycles. The number of benzene rings is 1. The third kappa shape index (κ3) is 3.52. The summed E-state index contributed by atoms with van der Waals surface area (Å²) in [6, 6.07) is 6.83. The van der Waals surface area contributed by atoms with Gasteiger partial charge >= 0.3 is 0 Å². The van der Waals surface area contributed by atoms with Crippen molar-refractivity contribution >= 4 is 11.6 Å². The standard InChI is InChI=1S/C17H20FN3O2/c1-11-3-4-14(18)16(9-11)21-7-5-13(6-8-21)19-17(22)15-10-12(2)23-20-15/h3-4,9-10,13H,5-8H2,1-2H3,(H,19,22). The van der Waals surface area contributed by atoms with Gasteiger partial charge in [-0.2, -0.15) is 0 Å². The highest BCUT2D eigenvalue weighted by atomic mass is 19.1. The number of halogens is 1. The second-order valence-corrected chi connectivity index (χ2v) is 6.01. The van der Waals surface area contributed by atoms with Crippen molar-refractivity contribution in [3.63, 3.8) is 0 Å². The second-order valence-electron chi connectivity index (χ2n) is 6.01. The molecule has 0 atom stereocenters. The SMILES string of the molecule is Cc1ccc(F)c(N2CCC(NC(=O)c3cc(C)on3)CC2)c1. The lowest BCUT2D eigenvalue weighted by Crippen LogP contribution is -2.45. The molecule has 1 saturated heterocycles. The van der Waals surface area contributed by atoms with E-state index < -0.39 is 0 Å². The van der Waals surface area contributed by atoms with Gasteiger partial charge in [-0.15, -0.1) is 0 Å². The van der Waals surface area contributed by atoms with Crippen LogP contribution in [0.1, 0.15) is 34.7 Å². The van der Waals surface area contributed by atoms with Crippen molar-refractivity contribution < 1.29 is 13.7 Å². The van der Waals surface area contributed by atoms with E-state index in [1.54, 1.807) is 19.1 Å². The maximum absolute atomic E-state index is 14.0. The Morgan fingerprint density at radius 2 is 2.04 bits per heavy atom. The molecule has 1 N–H and O–H groups in total. The van der Waals surface area contributed by atoms with Crippen LogP contribution in [0.5, 0.6) is 0 Å². The number of aromatic nitrogens is 1. The van der Waals surface area contributed by atoms with Crippen LogP contribution in [0.4, 0.5) is 10.1 Å². The van der Waals surface area contributed by atoms with E-state index in [4.69, 9.17) is 4.52 Å². The number of piperidine rings is 1. The van der Waals surface area contributed by atoms with Crippen LogP contribution in [0.3, 0.4) is 0 Å². The molecular weight excluding hydrogens is 297 g/mol. The number of hydrogen-bond donors (Lipinski definition) is 1. The van der Waals surface area contributed by atoms with Crippen LogP contribution in [-0.2, 0) is 0 Å². The van der Waals surface area contributed by atoms with E-state index in [-0.39, 0.29) is 17.8 Å². The Kier molecular flexibility index (Phi) is 4.32. The average molecular weight is 317 g/mol. The van der Waals surface area contributed by atoms with E-state index >= 15 is 0 Å². The fourth-order valence-corrected chi connectivity index (χ4v) is 2.86. The number of carbonyl (C=O) groups is 1. The average Bonchev–Trinajstić information content (AvgIpc) is 2.97. The first-order valence-electron chi connectivity index (χ1n) is 7.78. The largest absolute Gasteiger partial charge is 0.369 e. The van der Waals surface area contributed by atoms with Crippen molar-refractivity contribution in [2.45, 2.75) is 32.7 Å². The monoisotopic (exact) mass is 317 g/mol. The van der Waals surface area contributed by atoms with Gasteiger partial charge in [0.1, 0.15) is 11.6 Å². The van der Waals surface area contributed by atoms with Gasteiger partial charge in [-0.1, -0.05) is 11.2 Å². The Morgan fingerprint density at radius 3 is 2.70 bits per heavy atom. The number of hydrogen-bond acceptors (Lipinski definition) is 4. The normalized spacial score (nSPS) is 15.7. The maximum atomic E-state index is 14.0. The highest BCUT2D eigenvalue weighted by Gasteiger charge is 2.23. The molecule has 1 aromatic heterocycles. The maximum Gasteiger partial charge on any atom is 0.273 e. The lowest BCUT2D eigenvalue weighted by atomic mass is 10.0. The zero-order chi connectivity index (χ0) is 16.4. The van der Waals surface area contributed by atoms with Crippen LogP contribution >= 0.6 is 0 Å². The van der Waals surface area contributed by atoms with Crippen LogP contribution in [0.15, 0.2) is 28.8 Å². The Hall–Kier alpha value is -2.37. The number of nitrogens with zero attached hydrogens (tertiary/aromatic N) is 2. The Morgan fingerprint density at radius 1 is 1.30 bits per heavy atom. The summed E-state index contributed by atoms with van der Waals surface area (Å²) in [5.41, 5.74) is 1.98. The number of aryl methyl sites for hydroxylation is 2. The number of nitrogens with one attached hydrogen (secondary N) is 1. The summed E-state index contributed by atoms with van der Waals surface area (Å²) in [4.78, 5) is 14.1. The number of carbonyl (C=O) groups excluding carboxylic acids is 1. The van der Waals surface area contributed by atoms with Crippen molar-refractivity contribution in [2.75, 3.05) is 18.0 Å². The van der Waals surface area contributed by atoms with Crippen LogP contribution in [-0.4, -0.2) is 30.2 Å². The molecule has 0 bridgehead atoms. The smallest absolute Gasteiger partial charge is 0.273 e. The van der Waals surface area contributed by atoms with E-state index in [1.165, 1.54) is 6.07 Å². The highest BCUT2D eigenvalue weighted by Crippen LogP contribution is 2.24. The molecule has 1 aromatic carbocycles. The summed E-state index contributed by atoms with van der Waals surface area (Å²) in [7, 11) is 0. The predicted octanol–water partition coefficient (Wildman–Crippen LogP) is 2.83. The summed E-state index contributed by atoms with van der Waals surface area (Å²) in [6.45, 7) is 5.13. The number of anilines is 1. The molecule has 0 aliphatic carbocycles. The Balaban J connectivity index is 1.58. The molecule has 1 aliphatic rings. The fraction of sp³-hybridized carbons (Fsp3) is 0.412. The first-order chi connectivity index (χ1) is 11.0. The topological polar surface area (TPSA) is 58.4 Å². The number of rotatable bonds is 3. The molecule has 0 unspecified atom stereocenters. The molecule has 0 saturated carbocycles. The minimum Gasteiger partial charge on any atom is -0.369 e. The third-order valence-corrected chi connectivity index (χ3v) is 4.13. The quantitative estimate of drug-likeness (QED) is 0.946. The lowest BCUT2D eigenvalue weighted by Gasteiger charge is -2.34. The van der Waals surface area contributed by atoms with Crippen LogP contribution in [0.25, 0.3) is 0 Å². The van der Waals surface area contributed by atoms with E-state index in [1.807, 2.05) is 17.9 Å². The van der Waals surface area contributed by atoms with Crippen molar-refractivity contribution in [3.8, 4) is 0 Å². The van der Waals surface area contributed by atoms with Crippen molar-refractivity contribution in [1.29, 1.82) is 0 Å². The summed E-state index contributed by atoms with van der Waals surface area (Å²) in [6.07, 6.45) is 1.55. The molecule has 1 amide bonds. The highest BCUT2D eigenvalue weighted by molar-refractivity contribution is 5.92. The summed E-state index contributed by atoms with van der Waals surface area (Å²) in [5.74, 6) is 0.193. The molecule has 3 rings (SSSR count).